The highest BCUT2D eigenvalue weighted by Crippen LogP contribution is 2.30. The Hall–Kier alpha value is -4.74. The number of nitrogens with one attached hydrogen (secondary N) is 3. The van der Waals surface area contributed by atoms with E-state index < -0.39 is 23.8 Å². The van der Waals surface area contributed by atoms with Crippen LogP contribution in [0.1, 0.15) is 11.1 Å². The van der Waals surface area contributed by atoms with Crippen molar-refractivity contribution in [1.29, 1.82) is 5.41 Å². The van der Waals surface area contributed by atoms with Crippen LogP contribution in [-0.2, 0) is 20.8 Å². The highest BCUT2D eigenvalue weighted by Gasteiger charge is 2.39. The molecule has 1 aliphatic heterocycles. The van der Waals surface area contributed by atoms with Crippen molar-refractivity contribution >= 4 is 52.3 Å². The van der Waals surface area contributed by atoms with Crippen LogP contribution in [0.15, 0.2) is 84.4 Å². The van der Waals surface area contributed by atoms with Gasteiger partial charge < -0.3 is 20.9 Å². The Labute approximate surface area is 257 Å². The molecule has 2 aliphatic rings. The van der Waals surface area contributed by atoms with Crippen LogP contribution in [0.3, 0.4) is 0 Å². The number of rotatable bonds is 8. The lowest BCUT2D eigenvalue weighted by molar-refractivity contribution is -0.145. The lowest BCUT2D eigenvalue weighted by Gasteiger charge is -2.38. The van der Waals surface area contributed by atoms with Gasteiger partial charge in [-0.1, -0.05) is 58.2 Å². The summed E-state index contributed by atoms with van der Waals surface area (Å²) in [6, 6.07) is 11.5. The maximum Gasteiger partial charge on any atom is 0.247 e. The van der Waals surface area contributed by atoms with Gasteiger partial charge in [-0.05, 0) is 48.9 Å². The molecular weight excluding hydrogens is 591 g/mol. The van der Waals surface area contributed by atoms with Crippen molar-refractivity contribution in [2.45, 2.75) is 19.4 Å². The molecule has 1 saturated heterocycles. The molecule has 1 fully saturated rings. The maximum atomic E-state index is 13.8. The molecule has 1 aromatic heterocycles. The van der Waals surface area contributed by atoms with Gasteiger partial charge in [-0.2, -0.15) is 0 Å². The van der Waals surface area contributed by atoms with E-state index in [1.54, 1.807) is 49.7 Å². The van der Waals surface area contributed by atoms with E-state index in [-0.39, 0.29) is 30.4 Å². The van der Waals surface area contributed by atoms with Crippen LogP contribution >= 0.6 is 23.2 Å². The molecule has 0 bridgehead atoms. The number of aryl methyl sites for hydroxylation is 1. The predicted octanol–water partition coefficient (Wildman–Crippen LogP) is 3.36. The highest BCUT2D eigenvalue weighted by atomic mass is 35.5. The Balaban J connectivity index is 1.44. The first kappa shape index (κ1) is 29.7. The number of piperazine rings is 1. The molecule has 13 heteroatoms. The van der Waals surface area contributed by atoms with Crippen LogP contribution in [-0.4, -0.2) is 69.5 Å². The summed E-state index contributed by atoms with van der Waals surface area (Å²) in [5.41, 5.74) is 4.03. The number of carbonyl (C=O) groups is 3. The number of halogens is 2. The highest BCUT2D eigenvalue weighted by molar-refractivity contribution is 6.31. The van der Waals surface area contributed by atoms with Crippen molar-refractivity contribution in [3.63, 3.8) is 0 Å². The Bertz CT molecular complexity index is 1690. The number of carbonyl (C=O) groups excluding carboxylic acids is 3. The second-order valence-corrected chi connectivity index (χ2v) is 10.9. The van der Waals surface area contributed by atoms with Gasteiger partial charge in [0.25, 0.3) is 0 Å². The fourth-order valence-electron chi connectivity index (χ4n) is 4.84. The third-order valence-electron chi connectivity index (χ3n) is 7.01. The van der Waals surface area contributed by atoms with Crippen molar-refractivity contribution in [2.24, 2.45) is 0 Å². The fourth-order valence-corrected chi connectivity index (χ4v) is 5.13. The van der Waals surface area contributed by atoms with Gasteiger partial charge in [0.1, 0.15) is 19.1 Å². The first-order valence-electron chi connectivity index (χ1n) is 13.3. The van der Waals surface area contributed by atoms with E-state index in [1.807, 2.05) is 31.2 Å². The van der Waals surface area contributed by atoms with Crippen molar-refractivity contribution in [2.75, 3.05) is 25.0 Å². The van der Waals surface area contributed by atoms with Crippen molar-refractivity contribution < 1.29 is 14.4 Å². The minimum Gasteiger partial charge on any atom is -0.393 e. The Morgan fingerprint density at radius 3 is 2.53 bits per heavy atom. The third kappa shape index (κ3) is 6.68. The molecule has 5 rings (SSSR count). The number of amides is 3. The summed E-state index contributed by atoms with van der Waals surface area (Å²) in [6.07, 6.45) is 8.19. The van der Waals surface area contributed by atoms with Crippen molar-refractivity contribution in [1.82, 2.24) is 30.5 Å². The Morgan fingerprint density at radius 1 is 1.07 bits per heavy atom. The van der Waals surface area contributed by atoms with Crippen LogP contribution in [0.5, 0.6) is 0 Å². The smallest absolute Gasteiger partial charge is 0.247 e. The van der Waals surface area contributed by atoms with Crippen LogP contribution < -0.4 is 15.5 Å². The number of anilines is 1. The number of aromatic nitrogens is 3. The first-order chi connectivity index (χ1) is 20.6. The number of allylic oxidation sites excluding steroid dienone is 4. The molecule has 3 N–H and O–H groups in total. The van der Waals surface area contributed by atoms with Gasteiger partial charge >= 0.3 is 0 Å². The minimum atomic E-state index is -0.985. The van der Waals surface area contributed by atoms with E-state index in [9.17, 15) is 14.4 Å². The van der Waals surface area contributed by atoms with Crippen molar-refractivity contribution in [3.8, 4) is 5.69 Å². The van der Waals surface area contributed by atoms with Crippen LogP contribution in [0.2, 0.25) is 10.2 Å². The topological polar surface area (TPSA) is 136 Å². The summed E-state index contributed by atoms with van der Waals surface area (Å²) in [6.45, 7) is 1.31. The summed E-state index contributed by atoms with van der Waals surface area (Å²) in [7, 11) is 1.72. The van der Waals surface area contributed by atoms with Crippen LogP contribution in [0.4, 0.5) is 5.69 Å². The molecule has 2 heterocycles. The molecule has 1 unspecified atom stereocenters. The largest absolute Gasteiger partial charge is 0.393 e. The van der Waals surface area contributed by atoms with Crippen LogP contribution in [0, 0.1) is 12.3 Å². The van der Waals surface area contributed by atoms with Gasteiger partial charge in [-0.25, -0.2) is 4.68 Å². The average Bonchev–Trinajstić information content (AvgIpc) is 3.41. The van der Waals surface area contributed by atoms with E-state index in [0.29, 0.717) is 27.7 Å². The Morgan fingerprint density at radius 2 is 1.84 bits per heavy atom. The summed E-state index contributed by atoms with van der Waals surface area (Å²) < 4.78 is 1.40. The molecule has 11 nitrogen and oxygen atoms in total. The molecule has 0 radical (unpaired) electrons. The average molecular weight is 620 g/mol. The Kier molecular flexibility index (Phi) is 8.74. The molecular formula is C30H28Cl2N8O3. The zero-order valence-electron chi connectivity index (χ0n) is 23.3. The third-order valence-corrected chi connectivity index (χ3v) is 7.42. The number of benzene rings is 2. The number of hydrogen-bond donors (Lipinski definition) is 3. The molecule has 2 aromatic carbocycles. The minimum absolute atomic E-state index is 0.159. The van der Waals surface area contributed by atoms with E-state index in [0.717, 1.165) is 11.1 Å². The van der Waals surface area contributed by atoms with E-state index in [1.165, 1.54) is 20.7 Å². The lowest BCUT2D eigenvalue weighted by atomic mass is 10.0. The maximum absolute atomic E-state index is 13.8. The molecule has 1 atom stereocenters. The zero-order chi connectivity index (χ0) is 30.7. The molecule has 3 aromatic rings. The first-order valence-corrected chi connectivity index (χ1v) is 14.1. The second-order valence-electron chi connectivity index (χ2n) is 10.1. The normalized spacial score (nSPS) is 16.9. The molecule has 1 aliphatic carbocycles. The number of hydrogen-bond acceptors (Lipinski definition) is 7. The zero-order valence-corrected chi connectivity index (χ0v) is 24.9. The van der Waals surface area contributed by atoms with Crippen LogP contribution in [0.25, 0.3) is 5.69 Å². The molecule has 0 saturated carbocycles. The standard InChI is InChI=1S/C30H28Cl2N8O3/c1-18-3-5-19(6-4-18)11-26(30(43)35-22-8-9-23(33)20(12-22)14-34-2)39-17-28(41)38(16-29(39)42)25-13-21(31)7-10-24(25)40-15-27(32)36-37-40/h3-10,12-15,26,33-34H,11,16-17H2,1-2H3,(H,35,43)/b20-14-,33-23?. The summed E-state index contributed by atoms with van der Waals surface area (Å²) in [5.74, 6) is -1.27. The van der Waals surface area contributed by atoms with Gasteiger partial charge in [-0.3, -0.25) is 19.3 Å². The van der Waals surface area contributed by atoms with Gasteiger partial charge in [0.2, 0.25) is 17.7 Å². The van der Waals surface area contributed by atoms with E-state index in [2.05, 4.69) is 20.9 Å². The fraction of sp³-hybridized carbons (Fsp3) is 0.200. The van der Waals surface area contributed by atoms with E-state index in [4.69, 9.17) is 28.6 Å². The summed E-state index contributed by atoms with van der Waals surface area (Å²) in [5, 5.41) is 22.2. The van der Waals surface area contributed by atoms with Gasteiger partial charge in [0, 0.05) is 36.0 Å². The van der Waals surface area contributed by atoms with Gasteiger partial charge in [0.15, 0.2) is 5.15 Å². The molecule has 43 heavy (non-hydrogen) atoms. The molecule has 3 amide bonds. The monoisotopic (exact) mass is 618 g/mol. The molecule has 220 valence electrons. The number of nitrogens with zero attached hydrogens (tertiary/aromatic N) is 5. The summed E-state index contributed by atoms with van der Waals surface area (Å²) >= 11 is 12.2. The SMILES string of the molecule is CN/C=C1/C=C(NC(=O)C(Cc2ccc(C)cc2)N2CC(=O)N(c3cc(Cl)ccc3-n3cc(Cl)nn3)CC2=O)C=CC1=N. The molecule has 0 spiro atoms. The van der Waals surface area contributed by atoms with Gasteiger partial charge in [-0.15, -0.1) is 5.10 Å². The summed E-state index contributed by atoms with van der Waals surface area (Å²) in [4.78, 5) is 43.8. The van der Waals surface area contributed by atoms with Crippen molar-refractivity contribution in [3.05, 3.63) is 106 Å². The van der Waals surface area contributed by atoms with E-state index >= 15 is 0 Å². The lowest BCUT2D eigenvalue weighted by Crippen LogP contribution is -2.60. The quantitative estimate of drug-likeness (QED) is 0.354. The second kappa shape index (κ2) is 12.6. The predicted molar refractivity (Wildman–Crippen MR) is 164 cm³/mol. The van der Waals surface area contributed by atoms with Gasteiger partial charge in [0.05, 0.1) is 23.3 Å².